The molecular weight excluding hydrogens is 350 g/mol. The highest BCUT2D eigenvalue weighted by Gasteiger charge is 2.21. The minimum Gasteiger partial charge on any atom is -0.357 e. The number of nitrogens with zero attached hydrogens (tertiary/aromatic N) is 4. The van der Waals surface area contributed by atoms with Crippen LogP contribution in [0.3, 0.4) is 0 Å². The van der Waals surface area contributed by atoms with Crippen LogP contribution in [0, 0.1) is 5.92 Å². The van der Waals surface area contributed by atoms with E-state index in [1.807, 2.05) is 0 Å². The van der Waals surface area contributed by atoms with Crippen LogP contribution in [0.15, 0.2) is 39.8 Å². The van der Waals surface area contributed by atoms with E-state index in [2.05, 4.69) is 71.5 Å². The molecule has 6 heteroatoms. The van der Waals surface area contributed by atoms with Crippen LogP contribution >= 0.6 is 0 Å². The first kappa shape index (κ1) is 20.4. The first-order valence-electron chi connectivity index (χ1n) is 10.5. The number of benzene rings is 1. The molecule has 1 aromatic heterocycles. The normalized spacial score (nSPS) is 16.0. The van der Waals surface area contributed by atoms with Crippen LogP contribution in [0.4, 0.5) is 0 Å². The summed E-state index contributed by atoms with van der Waals surface area (Å²) in [6.45, 7) is 9.90. The summed E-state index contributed by atoms with van der Waals surface area (Å²) in [5, 5.41) is 7.46. The second kappa shape index (κ2) is 10.2. The summed E-state index contributed by atoms with van der Waals surface area (Å²) in [6, 6.07) is 10.8. The number of piperidine rings is 1. The van der Waals surface area contributed by atoms with E-state index in [1.54, 1.807) is 0 Å². The van der Waals surface area contributed by atoms with Crippen LogP contribution in [-0.4, -0.2) is 47.2 Å². The molecule has 6 nitrogen and oxygen atoms in total. The Morgan fingerprint density at radius 1 is 1.25 bits per heavy atom. The topological polar surface area (TPSA) is 66.5 Å². The van der Waals surface area contributed by atoms with Crippen LogP contribution in [0.1, 0.15) is 56.8 Å². The van der Waals surface area contributed by atoms with Crippen molar-refractivity contribution in [3.8, 4) is 0 Å². The molecule has 1 aliphatic rings. The summed E-state index contributed by atoms with van der Waals surface area (Å²) in [7, 11) is 0. The molecule has 28 heavy (non-hydrogen) atoms. The highest BCUT2D eigenvalue weighted by atomic mass is 16.5. The Balaban J connectivity index is 1.50. The first-order valence-corrected chi connectivity index (χ1v) is 10.5. The smallest absolute Gasteiger partial charge is 0.228 e. The lowest BCUT2D eigenvalue weighted by atomic mass is 9.90. The molecule has 0 bridgehead atoms. The molecule has 0 spiro atoms. The number of nitrogens with one attached hydrogen (secondary N) is 1. The number of likely N-dealkylation sites (tertiary alicyclic amines) is 1. The molecule has 1 saturated heterocycles. The summed E-state index contributed by atoms with van der Waals surface area (Å²) in [4.78, 5) is 11.6. The number of guanidine groups is 1. The van der Waals surface area contributed by atoms with Crippen molar-refractivity contribution in [3.63, 3.8) is 0 Å². The van der Waals surface area contributed by atoms with Crippen LogP contribution in [0.25, 0.3) is 0 Å². The van der Waals surface area contributed by atoms with Gasteiger partial charge in [-0.25, -0.2) is 0 Å². The molecule has 0 aliphatic carbocycles. The van der Waals surface area contributed by atoms with Crippen molar-refractivity contribution in [2.75, 3.05) is 26.2 Å². The van der Waals surface area contributed by atoms with E-state index < -0.39 is 0 Å². The van der Waals surface area contributed by atoms with Crippen molar-refractivity contribution >= 4 is 5.96 Å². The Bertz CT molecular complexity index is 732. The highest BCUT2D eigenvalue weighted by molar-refractivity contribution is 5.80. The lowest BCUT2D eigenvalue weighted by Gasteiger charge is -2.34. The molecule has 2 aromatic rings. The molecule has 1 aliphatic heterocycles. The van der Waals surface area contributed by atoms with Crippen molar-refractivity contribution < 1.29 is 4.52 Å². The molecule has 3 rings (SSSR count). The van der Waals surface area contributed by atoms with Gasteiger partial charge in [0.05, 0.1) is 6.54 Å². The second-order valence-corrected chi connectivity index (χ2v) is 7.81. The number of rotatable bonds is 7. The zero-order valence-electron chi connectivity index (χ0n) is 17.4. The van der Waals surface area contributed by atoms with Crippen molar-refractivity contribution in [1.29, 1.82) is 0 Å². The molecule has 0 atom stereocenters. The van der Waals surface area contributed by atoms with E-state index in [0.717, 1.165) is 37.3 Å². The third-order valence-electron chi connectivity index (χ3n) is 5.20. The lowest BCUT2D eigenvalue weighted by Crippen LogP contribution is -2.46. The Hall–Kier alpha value is -2.37. The third kappa shape index (κ3) is 5.81. The lowest BCUT2D eigenvalue weighted by molar-refractivity contribution is 0.259. The molecular formula is C22H33N5O. The fraction of sp³-hybridized carbons (Fsp3) is 0.591. The molecule has 2 heterocycles. The molecule has 0 unspecified atom stereocenters. The van der Waals surface area contributed by atoms with Gasteiger partial charge in [-0.05, 0) is 37.7 Å². The van der Waals surface area contributed by atoms with E-state index in [4.69, 9.17) is 9.52 Å². The van der Waals surface area contributed by atoms with Crippen LogP contribution in [-0.2, 0) is 12.8 Å². The van der Waals surface area contributed by atoms with Gasteiger partial charge in [-0.2, -0.15) is 4.98 Å². The number of aromatic nitrogens is 2. The van der Waals surface area contributed by atoms with Gasteiger partial charge < -0.3 is 14.7 Å². The maximum Gasteiger partial charge on any atom is 0.228 e. The van der Waals surface area contributed by atoms with E-state index in [-0.39, 0.29) is 5.92 Å². The molecule has 0 amide bonds. The average Bonchev–Trinajstić information content (AvgIpc) is 3.18. The predicted octanol–water partition coefficient (Wildman–Crippen LogP) is 3.66. The Labute approximate surface area is 168 Å². The van der Waals surface area contributed by atoms with E-state index in [9.17, 15) is 0 Å². The Morgan fingerprint density at radius 2 is 2.00 bits per heavy atom. The van der Waals surface area contributed by atoms with Crippen molar-refractivity contribution in [2.45, 2.75) is 52.4 Å². The zero-order valence-corrected chi connectivity index (χ0v) is 17.4. The number of hydrogen-bond acceptors (Lipinski definition) is 4. The van der Waals surface area contributed by atoms with Crippen LogP contribution < -0.4 is 5.32 Å². The van der Waals surface area contributed by atoms with Gasteiger partial charge in [0.1, 0.15) is 0 Å². The van der Waals surface area contributed by atoms with Crippen molar-refractivity contribution in [2.24, 2.45) is 10.9 Å². The molecule has 0 saturated carbocycles. The zero-order chi connectivity index (χ0) is 19.8. The molecule has 1 aromatic carbocycles. The fourth-order valence-electron chi connectivity index (χ4n) is 3.58. The molecule has 0 radical (unpaired) electrons. The highest BCUT2D eigenvalue weighted by Crippen LogP contribution is 2.21. The minimum atomic E-state index is 0.288. The van der Waals surface area contributed by atoms with Gasteiger partial charge in [-0.3, -0.25) is 4.99 Å². The maximum absolute atomic E-state index is 5.32. The maximum atomic E-state index is 5.32. The van der Waals surface area contributed by atoms with Gasteiger partial charge in [-0.15, -0.1) is 0 Å². The predicted molar refractivity (Wildman–Crippen MR) is 113 cm³/mol. The number of aliphatic imine (C=N–C) groups is 1. The van der Waals surface area contributed by atoms with Crippen molar-refractivity contribution in [1.82, 2.24) is 20.4 Å². The standard InChI is InChI=1S/C22H33N5O/c1-4-23-22(24-13-10-20-25-21(17(2)3)26-28-20)27-14-11-19(12-15-27)16-18-8-6-5-7-9-18/h5-9,17,19H,4,10-16H2,1-3H3,(H,23,24). The first-order chi connectivity index (χ1) is 13.7. The summed E-state index contributed by atoms with van der Waals surface area (Å²) in [5.41, 5.74) is 1.45. The Kier molecular flexibility index (Phi) is 7.46. The molecule has 1 N–H and O–H groups in total. The summed E-state index contributed by atoms with van der Waals surface area (Å²) in [6.07, 6.45) is 4.28. The second-order valence-electron chi connectivity index (χ2n) is 7.81. The van der Waals surface area contributed by atoms with E-state index >= 15 is 0 Å². The average molecular weight is 384 g/mol. The quantitative estimate of drug-likeness (QED) is 0.584. The largest absolute Gasteiger partial charge is 0.357 e. The van der Waals surface area contributed by atoms with Gasteiger partial charge in [0.25, 0.3) is 0 Å². The molecule has 1 fully saturated rings. The van der Waals surface area contributed by atoms with Gasteiger partial charge in [-0.1, -0.05) is 49.3 Å². The fourth-order valence-corrected chi connectivity index (χ4v) is 3.58. The minimum absolute atomic E-state index is 0.288. The Morgan fingerprint density at radius 3 is 2.64 bits per heavy atom. The summed E-state index contributed by atoms with van der Waals surface area (Å²) >= 11 is 0. The SMILES string of the molecule is CCNC(=NCCc1nc(C(C)C)no1)N1CCC(Cc2ccccc2)CC1. The van der Waals surface area contributed by atoms with E-state index in [1.165, 1.54) is 24.8 Å². The summed E-state index contributed by atoms with van der Waals surface area (Å²) in [5.74, 6) is 3.49. The van der Waals surface area contributed by atoms with Gasteiger partial charge in [0, 0.05) is 32.0 Å². The van der Waals surface area contributed by atoms with Gasteiger partial charge >= 0.3 is 0 Å². The third-order valence-corrected chi connectivity index (χ3v) is 5.20. The number of hydrogen-bond donors (Lipinski definition) is 1. The van der Waals surface area contributed by atoms with Gasteiger partial charge in [0.15, 0.2) is 11.8 Å². The van der Waals surface area contributed by atoms with Gasteiger partial charge in [0.2, 0.25) is 5.89 Å². The summed E-state index contributed by atoms with van der Waals surface area (Å²) < 4.78 is 5.32. The van der Waals surface area contributed by atoms with E-state index in [0.29, 0.717) is 18.9 Å². The monoisotopic (exact) mass is 383 g/mol. The van der Waals surface area contributed by atoms with Crippen LogP contribution in [0.2, 0.25) is 0 Å². The van der Waals surface area contributed by atoms with Crippen molar-refractivity contribution in [3.05, 3.63) is 47.6 Å². The van der Waals surface area contributed by atoms with Crippen LogP contribution in [0.5, 0.6) is 0 Å². The molecule has 152 valence electrons.